The molecule has 0 aliphatic carbocycles. The molecule has 0 aromatic carbocycles. The molecule has 0 aromatic heterocycles. The van der Waals surface area contributed by atoms with E-state index in [4.69, 9.17) is 0 Å². The quantitative estimate of drug-likeness (QED) is 0.457. The van der Waals surface area contributed by atoms with E-state index in [-0.39, 0.29) is 0 Å². The predicted octanol–water partition coefficient (Wildman–Crippen LogP) is 1.31. The summed E-state index contributed by atoms with van der Waals surface area (Å²) in [4.78, 5) is 0. The van der Waals surface area contributed by atoms with E-state index >= 15 is 0 Å². The van der Waals surface area contributed by atoms with Gasteiger partial charge < -0.3 is 0 Å². The number of nitrogens with one attached hydrogen (secondary N) is 2. The Bertz CT molecular complexity index is 110. The van der Waals surface area contributed by atoms with E-state index in [1.54, 1.807) is 0 Å². The third-order valence-corrected chi connectivity index (χ3v) is 1.90. The minimum atomic E-state index is 0.447. The molecule has 0 spiro atoms. The van der Waals surface area contributed by atoms with Crippen LogP contribution in [0.4, 0.5) is 0 Å². The Hall–Kier alpha value is -0.340. The number of hydrazine groups is 1. The Balaban J connectivity index is 3.69. The molecule has 2 atom stereocenters. The van der Waals surface area contributed by atoms with Gasteiger partial charge in [-0.15, -0.1) is 0 Å². The van der Waals surface area contributed by atoms with Crippen LogP contribution in [0.2, 0.25) is 0 Å². The number of rotatable bonds is 4. The summed E-state index contributed by atoms with van der Waals surface area (Å²) in [5.74, 6) is 0.521. The van der Waals surface area contributed by atoms with Crippen LogP contribution < -0.4 is 10.9 Å². The van der Waals surface area contributed by atoms with Crippen LogP contribution in [0.3, 0.4) is 0 Å². The highest BCUT2D eigenvalue weighted by molar-refractivity contribution is 4.97. The van der Waals surface area contributed by atoms with Gasteiger partial charge in [-0.25, -0.2) is 0 Å². The average Bonchev–Trinajstić information content (AvgIpc) is 1.87. The smallest absolute Gasteiger partial charge is 0.0247 e. The highest BCUT2D eigenvalue weighted by Gasteiger charge is 2.10. The minimum Gasteiger partial charge on any atom is -0.261 e. The van der Waals surface area contributed by atoms with Crippen molar-refractivity contribution in [1.29, 1.82) is 0 Å². The van der Waals surface area contributed by atoms with Crippen molar-refractivity contribution in [2.45, 2.75) is 26.8 Å². The van der Waals surface area contributed by atoms with Gasteiger partial charge in [0.2, 0.25) is 0 Å². The lowest BCUT2D eigenvalue weighted by atomic mass is 9.97. The molecule has 0 amide bonds. The van der Waals surface area contributed by atoms with Gasteiger partial charge in [0.1, 0.15) is 0 Å². The van der Waals surface area contributed by atoms with Crippen LogP contribution in [0, 0.1) is 5.92 Å². The first-order chi connectivity index (χ1) is 4.59. The molecule has 0 rings (SSSR count). The van der Waals surface area contributed by atoms with Crippen molar-refractivity contribution in [3.8, 4) is 0 Å². The fourth-order valence-corrected chi connectivity index (χ4v) is 0.779. The van der Waals surface area contributed by atoms with E-state index in [0.717, 1.165) is 0 Å². The third-order valence-electron chi connectivity index (χ3n) is 1.90. The van der Waals surface area contributed by atoms with Crippen molar-refractivity contribution < 1.29 is 0 Å². The van der Waals surface area contributed by atoms with Gasteiger partial charge in [-0.2, -0.15) is 0 Å². The molecule has 60 valence electrons. The summed E-state index contributed by atoms with van der Waals surface area (Å²) in [7, 11) is 1.88. The highest BCUT2D eigenvalue weighted by atomic mass is 15.3. The zero-order valence-electron chi connectivity index (χ0n) is 7.36. The van der Waals surface area contributed by atoms with Crippen molar-refractivity contribution in [1.82, 2.24) is 10.9 Å². The van der Waals surface area contributed by atoms with E-state index in [1.807, 2.05) is 7.05 Å². The van der Waals surface area contributed by atoms with E-state index in [1.165, 1.54) is 5.57 Å². The third kappa shape index (κ3) is 2.99. The lowest BCUT2D eigenvalue weighted by molar-refractivity contribution is 0.406. The van der Waals surface area contributed by atoms with Gasteiger partial charge in [-0.05, 0) is 26.8 Å². The zero-order valence-corrected chi connectivity index (χ0v) is 7.36. The Morgan fingerprint density at radius 3 is 2.20 bits per heavy atom. The van der Waals surface area contributed by atoms with Gasteiger partial charge >= 0.3 is 0 Å². The summed E-state index contributed by atoms with van der Waals surface area (Å²) in [5.41, 5.74) is 7.25. The van der Waals surface area contributed by atoms with Crippen molar-refractivity contribution in [3.05, 3.63) is 12.2 Å². The van der Waals surface area contributed by atoms with E-state index in [9.17, 15) is 0 Å². The average molecular weight is 142 g/mol. The summed E-state index contributed by atoms with van der Waals surface area (Å²) in [6.45, 7) is 10.2. The van der Waals surface area contributed by atoms with Crippen LogP contribution in [0.1, 0.15) is 20.8 Å². The second-order valence-electron chi connectivity index (χ2n) is 2.82. The molecule has 0 saturated heterocycles. The molecule has 0 aliphatic rings. The van der Waals surface area contributed by atoms with Gasteiger partial charge in [-0.3, -0.25) is 10.9 Å². The summed E-state index contributed by atoms with van der Waals surface area (Å²) in [6.07, 6.45) is 0. The molecule has 2 heteroatoms. The van der Waals surface area contributed by atoms with Gasteiger partial charge in [0.05, 0.1) is 0 Å². The molecule has 0 fully saturated rings. The Morgan fingerprint density at radius 1 is 1.40 bits per heavy atom. The summed E-state index contributed by atoms with van der Waals surface area (Å²) in [5, 5.41) is 0. The molecular formula is C8H18N2. The maximum Gasteiger partial charge on any atom is 0.0247 e. The second kappa shape index (κ2) is 4.47. The minimum absolute atomic E-state index is 0.447. The van der Waals surface area contributed by atoms with Gasteiger partial charge in [0, 0.05) is 6.04 Å². The zero-order chi connectivity index (χ0) is 8.15. The molecule has 0 aromatic rings. The molecule has 0 radical (unpaired) electrons. The van der Waals surface area contributed by atoms with Crippen LogP contribution in [0.5, 0.6) is 0 Å². The lowest BCUT2D eigenvalue weighted by Gasteiger charge is -2.20. The molecular weight excluding hydrogens is 124 g/mol. The molecule has 0 saturated carbocycles. The number of hydrogen-bond donors (Lipinski definition) is 2. The van der Waals surface area contributed by atoms with E-state index < -0.39 is 0 Å². The van der Waals surface area contributed by atoms with Crippen LogP contribution in [-0.4, -0.2) is 13.1 Å². The maximum atomic E-state index is 3.89. The first kappa shape index (κ1) is 9.66. The van der Waals surface area contributed by atoms with Crippen molar-refractivity contribution >= 4 is 0 Å². The molecule has 0 heterocycles. The van der Waals surface area contributed by atoms with Crippen molar-refractivity contribution in [3.63, 3.8) is 0 Å². The van der Waals surface area contributed by atoms with E-state index in [0.29, 0.717) is 12.0 Å². The predicted molar refractivity (Wildman–Crippen MR) is 45.6 cm³/mol. The fraction of sp³-hybridized carbons (Fsp3) is 0.750. The van der Waals surface area contributed by atoms with Crippen LogP contribution >= 0.6 is 0 Å². The summed E-state index contributed by atoms with van der Waals surface area (Å²) < 4.78 is 0. The molecule has 2 unspecified atom stereocenters. The summed E-state index contributed by atoms with van der Waals surface area (Å²) >= 11 is 0. The molecule has 2 nitrogen and oxygen atoms in total. The molecule has 2 N–H and O–H groups in total. The molecule has 0 aliphatic heterocycles. The van der Waals surface area contributed by atoms with Crippen LogP contribution in [0.25, 0.3) is 0 Å². The topological polar surface area (TPSA) is 24.1 Å². The Kier molecular flexibility index (Phi) is 4.32. The molecule has 10 heavy (non-hydrogen) atoms. The molecule has 0 bridgehead atoms. The SMILES string of the molecule is C=C(C)C(C)C(C)NNC. The maximum absolute atomic E-state index is 3.89. The normalized spacial score (nSPS) is 16.4. The largest absolute Gasteiger partial charge is 0.261 e. The summed E-state index contributed by atoms with van der Waals surface area (Å²) in [6, 6.07) is 0.447. The van der Waals surface area contributed by atoms with Crippen LogP contribution in [-0.2, 0) is 0 Å². The lowest BCUT2D eigenvalue weighted by Crippen LogP contribution is -2.40. The number of hydrogen-bond acceptors (Lipinski definition) is 2. The van der Waals surface area contributed by atoms with Crippen molar-refractivity contribution in [2.24, 2.45) is 5.92 Å². The van der Waals surface area contributed by atoms with Gasteiger partial charge in [0.15, 0.2) is 0 Å². The van der Waals surface area contributed by atoms with Crippen LogP contribution in [0.15, 0.2) is 12.2 Å². The van der Waals surface area contributed by atoms with Gasteiger partial charge in [-0.1, -0.05) is 19.1 Å². The monoisotopic (exact) mass is 142 g/mol. The first-order valence-electron chi connectivity index (χ1n) is 3.67. The van der Waals surface area contributed by atoms with Crippen molar-refractivity contribution in [2.75, 3.05) is 7.05 Å². The first-order valence-corrected chi connectivity index (χ1v) is 3.67. The Morgan fingerprint density at radius 2 is 1.90 bits per heavy atom. The van der Waals surface area contributed by atoms with Gasteiger partial charge in [0.25, 0.3) is 0 Å². The second-order valence-corrected chi connectivity index (χ2v) is 2.82. The Labute approximate surface area is 63.7 Å². The fourth-order valence-electron chi connectivity index (χ4n) is 0.779. The van der Waals surface area contributed by atoms with E-state index in [2.05, 4.69) is 38.2 Å². The highest BCUT2D eigenvalue weighted by Crippen LogP contribution is 2.10. The standard InChI is InChI=1S/C8H18N2/c1-6(2)7(3)8(4)10-9-5/h7-10H,1H2,2-5H3.